The van der Waals surface area contributed by atoms with E-state index in [1.807, 2.05) is 23.1 Å². The zero-order valence-electron chi connectivity index (χ0n) is 14.6. The van der Waals surface area contributed by atoms with Crippen molar-refractivity contribution in [3.05, 3.63) is 54.5 Å². The molecular weight excluding hydrogens is 366 g/mol. The number of aromatic nitrogens is 4. The highest BCUT2D eigenvalue weighted by Gasteiger charge is 2.26. The van der Waals surface area contributed by atoms with Gasteiger partial charge in [-0.25, -0.2) is 4.98 Å². The van der Waals surface area contributed by atoms with Crippen molar-refractivity contribution in [1.29, 1.82) is 0 Å². The molecule has 3 aromatic rings. The minimum Gasteiger partial charge on any atom is -0.489 e. The quantitative estimate of drug-likeness (QED) is 0.652. The molecule has 0 bridgehead atoms. The molecule has 1 aliphatic heterocycles. The molecule has 8 nitrogen and oxygen atoms in total. The first-order valence-corrected chi connectivity index (χ1v) is 9.69. The van der Waals surface area contributed by atoms with Gasteiger partial charge in [0.25, 0.3) is 5.91 Å². The molecule has 9 heteroatoms. The Labute approximate surface area is 160 Å². The van der Waals surface area contributed by atoms with Crippen LogP contribution in [0.25, 0.3) is 0 Å². The number of hydrogen-bond donors (Lipinski definition) is 1. The van der Waals surface area contributed by atoms with Crippen LogP contribution in [0.5, 0.6) is 5.75 Å². The van der Waals surface area contributed by atoms with E-state index in [2.05, 4.69) is 20.2 Å². The van der Waals surface area contributed by atoms with Crippen LogP contribution >= 0.6 is 11.8 Å². The first-order valence-electron chi connectivity index (χ1n) is 8.71. The first-order chi connectivity index (χ1) is 13.3. The normalized spacial score (nSPS) is 15.0. The minimum atomic E-state index is -0.0780. The standard InChI is InChI=1S/C18H19N5O3S/c24-17(16-4-3-15(26-16)11-27-18-20-12-21-22-18)23-8-5-13(6-9-23)25-14-2-1-7-19-10-14/h1-4,7,10,12-13H,5-6,8-9,11H2,(H,20,21,22). The summed E-state index contributed by atoms with van der Waals surface area (Å²) in [6.07, 6.45) is 6.56. The van der Waals surface area contributed by atoms with Crippen LogP contribution in [-0.4, -0.2) is 50.2 Å². The Morgan fingerprint density at radius 2 is 2.22 bits per heavy atom. The lowest BCUT2D eigenvalue weighted by Crippen LogP contribution is -2.41. The topological polar surface area (TPSA) is 97.1 Å². The molecule has 27 heavy (non-hydrogen) atoms. The molecule has 1 fully saturated rings. The monoisotopic (exact) mass is 385 g/mol. The van der Waals surface area contributed by atoms with Crippen molar-refractivity contribution in [2.45, 2.75) is 29.9 Å². The number of furan rings is 1. The molecule has 1 saturated heterocycles. The van der Waals surface area contributed by atoms with Gasteiger partial charge in [-0.3, -0.25) is 14.9 Å². The van der Waals surface area contributed by atoms with E-state index in [1.165, 1.54) is 18.1 Å². The van der Waals surface area contributed by atoms with E-state index >= 15 is 0 Å². The Kier molecular flexibility index (Phi) is 5.38. The number of piperidine rings is 1. The maximum absolute atomic E-state index is 12.7. The van der Waals surface area contributed by atoms with Crippen molar-refractivity contribution in [3.63, 3.8) is 0 Å². The molecule has 0 radical (unpaired) electrons. The van der Waals surface area contributed by atoms with Crippen molar-refractivity contribution in [2.24, 2.45) is 0 Å². The second-order valence-corrected chi connectivity index (χ2v) is 7.11. The van der Waals surface area contributed by atoms with E-state index in [0.29, 0.717) is 24.6 Å². The van der Waals surface area contributed by atoms with Gasteiger partial charge in [0, 0.05) is 32.1 Å². The van der Waals surface area contributed by atoms with Crippen LogP contribution in [0.4, 0.5) is 0 Å². The number of aromatic amines is 1. The molecule has 0 spiro atoms. The molecule has 3 aromatic heterocycles. The Morgan fingerprint density at radius 3 is 2.96 bits per heavy atom. The summed E-state index contributed by atoms with van der Waals surface area (Å²) in [6.45, 7) is 1.29. The molecule has 1 amide bonds. The third-order valence-electron chi connectivity index (χ3n) is 4.28. The third kappa shape index (κ3) is 4.48. The summed E-state index contributed by atoms with van der Waals surface area (Å²) < 4.78 is 11.6. The van der Waals surface area contributed by atoms with Crippen LogP contribution in [0.15, 0.2) is 52.6 Å². The summed E-state index contributed by atoms with van der Waals surface area (Å²) in [4.78, 5) is 22.6. The number of nitrogens with zero attached hydrogens (tertiary/aromatic N) is 4. The summed E-state index contributed by atoms with van der Waals surface area (Å²) in [7, 11) is 0. The van der Waals surface area contributed by atoms with Gasteiger partial charge in [-0.2, -0.15) is 5.10 Å². The summed E-state index contributed by atoms with van der Waals surface area (Å²) >= 11 is 1.47. The Hall–Kier alpha value is -2.81. The highest BCUT2D eigenvalue weighted by Crippen LogP contribution is 2.23. The number of amides is 1. The fraction of sp³-hybridized carbons (Fsp3) is 0.333. The number of nitrogens with one attached hydrogen (secondary N) is 1. The second kappa shape index (κ2) is 8.26. The van der Waals surface area contributed by atoms with E-state index in [0.717, 1.165) is 29.5 Å². The maximum Gasteiger partial charge on any atom is 0.289 e. The largest absolute Gasteiger partial charge is 0.489 e. The summed E-state index contributed by atoms with van der Waals surface area (Å²) in [5, 5.41) is 7.30. The van der Waals surface area contributed by atoms with Gasteiger partial charge in [0.2, 0.25) is 0 Å². The molecule has 1 N–H and O–H groups in total. The van der Waals surface area contributed by atoms with E-state index in [4.69, 9.17) is 9.15 Å². The van der Waals surface area contributed by atoms with Crippen LogP contribution in [-0.2, 0) is 5.75 Å². The van der Waals surface area contributed by atoms with Gasteiger partial charge in [-0.15, -0.1) is 0 Å². The summed E-state index contributed by atoms with van der Waals surface area (Å²) in [5.41, 5.74) is 0. The smallest absolute Gasteiger partial charge is 0.289 e. The maximum atomic E-state index is 12.7. The molecule has 1 aliphatic rings. The van der Waals surface area contributed by atoms with Crippen LogP contribution in [0, 0.1) is 0 Å². The van der Waals surface area contributed by atoms with Gasteiger partial charge in [0.05, 0.1) is 11.9 Å². The van der Waals surface area contributed by atoms with Crippen LogP contribution < -0.4 is 4.74 Å². The molecular formula is C18H19N5O3S. The number of thioether (sulfide) groups is 1. The number of H-pyrrole nitrogens is 1. The van der Waals surface area contributed by atoms with Gasteiger partial charge < -0.3 is 14.1 Å². The minimum absolute atomic E-state index is 0.0780. The van der Waals surface area contributed by atoms with Crippen LogP contribution in [0.2, 0.25) is 0 Å². The van der Waals surface area contributed by atoms with E-state index in [9.17, 15) is 4.79 Å². The molecule has 0 aromatic carbocycles. The lowest BCUT2D eigenvalue weighted by Gasteiger charge is -2.31. The molecule has 140 valence electrons. The average molecular weight is 385 g/mol. The van der Waals surface area contributed by atoms with Crippen molar-refractivity contribution >= 4 is 17.7 Å². The fourth-order valence-corrected chi connectivity index (χ4v) is 3.59. The number of ether oxygens (including phenoxy) is 1. The Morgan fingerprint density at radius 1 is 1.33 bits per heavy atom. The average Bonchev–Trinajstić information content (AvgIpc) is 3.39. The molecule has 0 aliphatic carbocycles. The Bertz CT molecular complexity index is 860. The predicted molar refractivity (Wildman–Crippen MR) is 98.4 cm³/mol. The van der Waals surface area contributed by atoms with Gasteiger partial charge in [0.15, 0.2) is 10.9 Å². The van der Waals surface area contributed by atoms with E-state index in [-0.39, 0.29) is 12.0 Å². The molecule has 4 heterocycles. The van der Waals surface area contributed by atoms with Gasteiger partial charge in [0.1, 0.15) is 23.9 Å². The van der Waals surface area contributed by atoms with Crippen molar-refractivity contribution in [2.75, 3.05) is 13.1 Å². The van der Waals surface area contributed by atoms with Crippen molar-refractivity contribution in [3.8, 4) is 5.75 Å². The van der Waals surface area contributed by atoms with Crippen LogP contribution in [0.1, 0.15) is 29.2 Å². The SMILES string of the molecule is O=C(c1ccc(CSc2ncn[nH]2)o1)N1CCC(Oc2cccnc2)CC1. The zero-order valence-corrected chi connectivity index (χ0v) is 15.4. The molecule has 0 unspecified atom stereocenters. The first kappa shape index (κ1) is 17.6. The molecule has 4 rings (SSSR count). The van der Waals surface area contributed by atoms with Crippen molar-refractivity contribution in [1.82, 2.24) is 25.1 Å². The second-order valence-electron chi connectivity index (χ2n) is 6.14. The highest BCUT2D eigenvalue weighted by molar-refractivity contribution is 7.98. The number of likely N-dealkylation sites (tertiary alicyclic amines) is 1. The molecule has 0 saturated carbocycles. The molecule has 0 atom stereocenters. The zero-order chi connectivity index (χ0) is 18.5. The van der Waals surface area contributed by atoms with Crippen molar-refractivity contribution < 1.29 is 13.9 Å². The number of rotatable bonds is 6. The summed E-state index contributed by atoms with van der Waals surface area (Å²) in [6, 6.07) is 7.31. The fourth-order valence-electron chi connectivity index (χ4n) is 2.92. The predicted octanol–water partition coefficient (Wildman–Crippen LogP) is 2.77. The lowest BCUT2D eigenvalue weighted by molar-refractivity contribution is 0.0565. The van der Waals surface area contributed by atoms with Gasteiger partial charge in [-0.05, 0) is 24.3 Å². The summed E-state index contributed by atoms with van der Waals surface area (Å²) in [5.74, 6) is 2.38. The number of hydrogen-bond acceptors (Lipinski definition) is 7. The highest BCUT2D eigenvalue weighted by atomic mass is 32.2. The number of carbonyl (C=O) groups is 1. The number of carbonyl (C=O) groups excluding carboxylic acids is 1. The third-order valence-corrected chi connectivity index (χ3v) is 5.18. The lowest BCUT2D eigenvalue weighted by atomic mass is 10.1. The van der Waals surface area contributed by atoms with E-state index < -0.39 is 0 Å². The van der Waals surface area contributed by atoms with Crippen LogP contribution in [0.3, 0.4) is 0 Å². The van der Waals surface area contributed by atoms with Gasteiger partial charge >= 0.3 is 0 Å². The van der Waals surface area contributed by atoms with Gasteiger partial charge in [-0.1, -0.05) is 11.8 Å². The Balaban J connectivity index is 1.28. The number of pyridine rings is 1. The van der Waals surface area contributed by atoms with E-state index in [1.54, 1.807) is 18.5 Å².